The molecule has 3 aromatic rings. The van der Waals surface area contributed by atoms with E-state index in [4.69, 9.17) is 0 Å². The summed E-state index contributed by atoms with van der Waals surface area (Å²) >= 11 is 0. The SMILES string of the molecule is Cc1nn(C)c2nc(C3CC3)cc(C(=O)Nc3cccc([N+](=O)[O-])c3)c12. The van der Waals surface area contributed by atoms with Crippen molar-refractivity contribution in [2.24, 2.45) is 7.05 Å². The molecule has 0 bridgehead atoms. The molecule has 1 N–H and O–H groups in total. The van der Waals surface area contributed by atoms with Crippen LogP contribution >= 0.6 is 0 Å². The Morgan fingerprint density at radius 3 is 2.81 bits per heavy atom. The smallest absolute Gasteiger partial charge is 0.271 e. The lowest BCUT2D eigenvalue weighted by molar-refractivity contribution is -0.384. The third-order valence-electron chi connectivity index (χ3n) is 4.54. The summed E-state index contributed by atoms with van der Waals surface area (Å²) in [5.74, 6) is 0.0647. The second-order valence-corrected chi connectivity index (χ2v) is 6.54. The topological polar surface area (TPSA) is 103 Å². The highest BCUT2D eigenvalue weighted by Gasteiger charge is 2.28. The zero-order chi connectivity index (χ0) is 18.4. The number of hydrogen-bond donors (Lipinski definition) is 1. The lowest BCUT2D eigenvalue weighted by Gasteiger charge is -2.09. The third-order valence-corrected chi connectivity index (χ3v) is 4.54. The van der Waals surface area contributed by atoms with Crippen LogP contribution in [0.3, 0.4) is 0 Å². The number of non-ortho nitro benzene ring substituents is 1. The minimum atomic E-state index is -0.489. The van der Waals surface area contributed by atoms with E-state index < -0.39 is 4.92 Å². The Kier molecular flexibility index (Phi) is 3.68. The number of aryl methyl sites for hydroxylation is 2. The van der Waals surface area contributed by atoms with Gasteiger partial charge in [0.2, 0.25) is 0 Å². The van der Waals surface area contributed by atoms with Crippen molar-refractivity contribution in [3.8, 4) is 0 Å². The van der Waals surface area contributed by atoms with Crippen LogP contribution in [0.25, 0.3) is 11.0 Å². The van der Waals surface area contributed by atoms with Gasteiger partial charge in [0.1, 0.15) is 0 Å². The first-order chi connectivity index (χ1) is 12.4. The number of aromatic nitrogens is 3. The summed E-state index contributed by atoms with van der Waals surface area (Å²) in [7, 11) is 1.81. The number of hydrogen-bond acceptors (Lipinski definition) is 5. The van der Waals surface area contributed by atoms with Crippen molar-refractivity contribution in [3.63, 3.8) is 0 Å². The van der Waals surface area contributed by atoms with Gasteiger partial charge in [-0.3, -0.25) is 19.6 Å². The molecule has 0 radical (unpaired) electrons. The van der Waals surface area contributed by atoms with Crippen LogP contribution in [-0.2, 0) is 7.05 Å². The molecule has 1 aliphatic rings. The summed E-state index contributed by atoms with van der Waals surface area (Å²) < 4.78 is 1.68. The fourth-order valence-electron chi connectivity index (χ4n) is 3.13. The number of pyridine rings is 1. The fourth-order valence-corrected chi connectivity index (χ4v) is 3.13. The van der Waals surface area contributed by atoms with Gasteiger partial charge < -0.3 is 5.32 Å². The summed E-state index contributed by atoms with van der Waals surface area (Å²) in [6.45, 7) is 1.84. The van der Waals surface area contributed by atoms with Gasteiger partial charge in [-0.1, -0.05) is 6.07 Å². The van der Waals surface area contributed by atoms with E-state index in [0.717, 1.165) is 24.2 Å². The number of nitro groups is 1. The van der Waals surface area contributed by atoms with Crippen LogP contribution in [0.2, 0.25) is 0 Å². The van der Waals surface area contributed by atoms with Crippen molar-refractivity contribution in [2.75, 3.05) is 5.32 Å². The summed E-state index contributed by atoms with van der Waals surface area (Å²) in [5.41, 5.74) is 3.10. The molecule has 4 rings (SSSR count). The van der Waals surface area contributed by atoms with Crippen LogP contribution in [0.5, 0.6) is 0 Å². The van der Waals surface area contributed by atoms with E-state index in [9.17, 15) is 14.9 Å². The van der Waals surface area contributed by atoms with E-state index in [1.807, 2.05) is 13.0 Å². The molecule has 2 aromatic heterocycles. The van der Waals surface area contributed by atoms with Gasteiger partial charge in [0.05, 0.1) is 21.6 Å². The second-order valence-electron chi connectivity index (χ2n) is 6.54. The van der Waals surface area contributed by atoms with Crippen LogP contribution in [0, 0.1) is 17.0 Å². The zero-order valence-corrected chi connectivity index (χ0v) is 14.4. The van der Waals surface area contributed by atoms with Gasteiger partial charge in [0, 0.05) is 36.5 Å². The molecule has 0 unspecified atom stereocenters. The number of fused-ring (bicyclic) bond motifs is 1. The normalized spacial score (nSPS) is 13.8. The molecule has 1 amide bonds. The molecule has 1 aliphatic carbocycles. The van der Waals surface area contributed by atoms with E-state index in [-0.39, 0.29) is 11.6 Å². The lowest BCUT2D eigenvalue weighted by atomic mass is 10.1. The molecule has 0 atom stereocenters. The quantitative estimate of drug-likeness (QED) is 0.574. The van der Waals surface area contributed by atoms with Crippen LogP contribution in [0.4, 0.5) is 11.4 Å². The molecule has 0 aliphatic heterocycles. The molecule has 2 heterocycles. The predicted molar refractivity (Wildman–Crippen MR) is 96.3 cm³/mol. The summed E-state index contributed by atoms with van der Waals surface area (Å²) in [5, 5.41) is 18.8. The fraction of sp³-hybridized carbons (Fsp3) is 0.278. The Labute approximate surface area is 149 Å². The van der Waals surface area contributed by atoms with E-state index >= 15 is 0 Å². The van der Waals surface area contributed by atoms with Gasteiger partial charge in [-0.15, -0.1) is 0 Å². The Morgan fingerprint density at radius 1 is 1.35 bits per heavy atom. The number of rotatable bonds is 4. The van der Waals surface area contributed by atoms with Gasteiger partial charge in [-0.2, -0.15) is 5.10 Å². The molecule has 1 saturated carbocycles. The largest absolute Gasteiger partial charge is 0.322 e. The van der Waals surface area contributed by atoms with Crippen molar-refractivity contribution in [1.82, 2.24) is 14.8 Å². The lowest BCUT2D eigenvalue weighted by Crippen LogP contribution is -2.14. The molecule has 8 nitrogen and oxygen atoms in total. The number of carbonyl (C=O) groups is 1. The number of amides is 1. The van der Waals surface area contributed by atoms with Gasteiger partial charge in [-0.05, 0) is 31.9 Å². The minimum Gasteiger partial charge on any atom is -0.322 e. The van der Waals surface area contributed by atoms with Crippen molar-refractivity contribution in [2.45, 2.75) is 25.7 Å². The maximum absolute atomic E-state index is 12.9. The average Bonchev–Trinajstić information content (AvgIpc) is 3.41. The molecular formula is C18H17N5O3. The highest BCUT2D eigenvalue weighted by Crippen LogP contribution is 2.40. The van der Waals surface area contributed by atoms with Crippen LogP contribution in [0.15, 0.2) is 30.3 Å². The molecule has 0 saturated heterocycles. The highest BCUT2D eigenvalue weighted by atomic mass is 16.6. The van der Waals surface area contributed by atoms with Crippen LogP contribution < -0.4 is 5.32 Å². The molecule has 132 valence electrons. The van der Waals surface area contributed by atoms with Gasteiger partial charge >= 0.3 is 0 Å². The van der Waals surface area contributed by atoms with E-state index in [1.165, 1.54) is 12.1 Å². The molecule has 0 spiro atoms. The number of carbonyl (C=O) groups excluding carboxylic acids is 1. The first kappa shape index (κ1) is 16.2. The Balaban J connectivity index is 1.76. The Morgan fingerprint density at radius 2 is 2.12 bits per heavy atom. The number of benzene rings is 1. The van der Waals surface area contributed by atoms with Crippen LogP contribution in [0.1, 0.15) is 40.5 Å². The van der Waals surface area contributed by atoms with Gasteiger partial charge in [0.25, 0.3) is 11.6 Å². The van der Waals surface area contributed by atoms with Crippen molar-refractivity contribution >= 4 is 28.3 Å². The predicted octanol–water partition coefficient (Wildman–Crippen LogP) is 3.31. The average molecular weight is 351 g/mol. The third kappa shape index (κ3) is 2.79. The maximum Gasteiger partial charge on any atom is 0.271 e. The second kappa shape index (κ2) is 5.91. The van der Waals surface area contributed by atoms with E-state index in [1.54, 1.807) is 23.9 Å². The van der Waals surface area contributed by atoms with Gasteiger partial charge in [-0.25, -0.2) is 4.98 Å². The van der Waals surface area contributed by atoms with Gasteiger partial charge in [0.15, 0.2) is 5.65 Å². The molecule has 26 heavy (non-hydrogen) atoms. The molecular weight excluding hydrogens is 334 g/mol. The Bertz CT molecular complexity index is 1050. The van der Waals surface area contributed by atoms with Crippen molar-refractivity contribution in [3.05, 3.63) is 57.4 Å². The highest BCUT2D eigenvalue weighted by molar-refractivity contribution is 6.12. The number of anilines is 1. The number of nitro benzene ring substituents is 1. The van der Waals surface area contributed by atoms with E-state index in [2.05, 4.69) is 15.4 Å². The first-order valence-corrected chi connectivity index (χ1v) is 8.34. The number of nitrogens with one attached hydrogen (secondary N) is 1. The number of nitrogens with zero attached hydrogens (tertiary/aromatic N) is 4. The standard InChI is InChI=1S/C18H17N5O3/c1-10-16-14(9-15(11-6-7-11)20-17(16)22(2)21-10)18(24)19-12-4-3-5-13(8-12)23(25)26/h3-5,8-9,11H,6-7H2,1-2H3,(H,19,24). The maximum atomic E-state index is 12.9. The summed E-state index contributed by atoms with van der Waals surface area (Å²) in [6, 6.07) is 7.72. The van der Waals surface area contributed by atoms with Crippen molar-refractivity contribution < 1.29 is 9.72 Å². The summed E-state index contributed by atoms with van der Waals surface area (Å²) in [6.07, 6.45) is 2.14. The van der Waals surface area contributed by atoms with E-state index in [0.29, 0.717) is 28.2 Å². The zero-order valence-electron chi connectivity index (χ0n) is 14.4. The first-order valence-electron chi connectivity index (χ1n) is 8.34. The monoisotopic (exact) mass is 351 g/mol. The minimum absolute atomic E-state index is 0.0705. The van der Waals surface area contributed by atoms with Crippen LogP contribution in [-0.4, -0.2) is 25.6 Å². The summed E-state index contributed by atoms with van der Waals surface area (Å²) in [4.78, 5) is 28.0. The Hall–Kier alpha value is -3.29. The molecule has 1 aromatic carbocycles. The molecule has 8 heteroatoms. The van der Waals surface area contributed by atoms with Crippen molar-refractivity contribution in [1.29, 1.82) is 0 Å². The molecule has 1 fully saturated rings.